The fourth-order valence-electron chi connectivity index (χ4n) is 10.3. The van der Waals surface area contributed by atoms with E-state index in [2.05, 4.69) is 238 Å². The van der Waals surface area contributed by atoms with Crippen LogP contribution < -0.4 is 4.48 Å². The van der Waals surface area contributed by atoms with Crippen LogP contribution in [-0.2, 0) is 0 Å². The van der Waals surface area contributed by atoms with Crippen LogP contribution >= 0.6 is 0 Å². The van der Waals surface area contributed by atoms with Crippen molar-refractivity contribution in [2.75, 3.05) is 7.05 Å². The molecule has 0 unspecified atom stereocenters. The molecule has 1 heterocycles. The summed E-state index contributed by atoms with van der Waals surface area (Å²) in [7, 11) is 2.39. The number of furan rings is 1. The first-order valence-corrected chi connectivity index (χ1v) is 21.7. The van der Waals surface area contributed by atoms with Gasteiger partial charge in [-0.25, -0.2) is 4.48 Å². The summed E-state index contributed by atoms with van der Waals surface area (Å²) in [6.45, 7) is 0. The molecule has 0 spiro atoms. The van der Waals surface area contributed by atoms with Crippen molar-refractivity contribution < 1.29 is 4.42 Å². The van der Waals surface area contributed by atoms with E-state index in [9.17, 15) is 0 Å². The molecule has 2 heteroatoms. The second kappa shape index (κ2) is 14.8. The van der Waals surface area contributed by atoms with E-state index in [4.69, 9.17) is 4.42 Å². The van der Waals surface area contributed by atoms with Crippen molar-refractivity contribution in [2.24, 2.45) is 0 Å². The van der Waals surface area contributed by atoms with Crippen LogP contribution in [0.25, 0.3) is 98.8 Å². The molecular formula is C61H42NO+. The first-order chi connectivity index (χ1) is 31.2. The van der Waals surface area contributed by atoms with E-state index < -0.39 is 0 Å². The minimum Gasteiger partial charge on any atom is -0.455 e. The van der Waals surface area contributed by atoms with Gasteiger partial charge in [-0.3, -0.25) is 0 Å². The zero-order valence-corrected chi connectivity index (χ0v) is 34.9. The van der Waals surface area contributed by atoms with E-state index in [1.165, 1.54) is 71.4 Å². The molecule has 0 fully saturated rings. The van der Waals surface area contributed by atoms with E-state index in [1.807, 2.05) is 6.07 Å². The smallest absolute Gasteiger partial charge is 0.150 e. The van der Waals surface area contributed by atoms with Gasteiger partial charge in [-0.2, -0.15) is 0 Å². The van der Waals surface area contributed by atoms with E-state index in [-0.39, 0.29) is 0 Å². The summed E-state index contributed by atoms with van der Waals surface area (Å²) >= 11 is 0. The maximum Gasteiger partial charge on any atom is 0.150 e. The number of rotatable bonds is 7. The van der Waals surface area contributed by atoms with Gasteiger partial charge in [-0.05, 0) is 78.8 Å². The molecule has 12 rings (SSSR count). The van der Waals surface area contributed by atoms with Crippen molar-refractivity contribution in [2.45, 2.75) is 0 Å². The summed E-state index contributed by atoms with van der Waals surface area (Å²) in [5.41, 5.74) is 14.6. The van der Waals surface area contributed by atoms with Crippen LogP contribution in [0.1, 0.15) is 0 Å². The van der Waals surface area contributed by atoms with Gasteiger partial charge >= 0.3 is 0 Å². The van der Waals surface area contributed by atoms with Crippen LogP contribution in [-0.4, -0.2) is 7.05 Å². The standard InChI is InChI=1S/C61H42NO/c1-62(58-37-13-9-27-51(58)54-33-18-34-55-52-28-10-14-38-59(52)63-61(54)55,56-35-11-7-25-49(56)47-31-17-30-46-44-24-6-5-21-42(44)39-40-48(46)47)57-36-12-8-26-50(57)53-32-16-23-43-22-15-29-45(60(43)53)41-19-3-2-4-20-41/h2-40H,1H3/q+1/t62-/m0/s1. The molecule has 0 aliphatic carbocycles. The van der Waals surface area contributed by atoms with Crippen molar-refractivity contribution in [3.63, 3.8) is 0 Å². The van der Waals surface area contributed by atoms with Crippen molar-refractivity contribution in [1.29, 1.82) is 0 Å². The zero-order chi connectivity index (χ0) is 41.9. The molecule has 296 valence electrons. The lowest BCUT2D eigenvalue weighted by Gasteiger charge is -2.37. The van der Waals surface area contributed by atoms with Gasteiger partial charge in [-0.15, -0.1) is 0 Å². The Labute approximate surface area is 366 Å². The van der Waals surface area contributed by atoms with Gasteiger partial charge < -0.3 is 4.42 Å². The number of nitrogens with zero attached hydrogens (tertiary/aromatic N) is 1. The SMILES string of the molecule is C[N@@+](c1ccccc1-c1cccc2c1ccc1ccccc12)(c1ccccc1-c1cccc2c1oc1ccccc12)c1ccccc1-c1cccc2cccc(-c3ccccc3)c12. The van der Waals surface area contributed by atoms with Gasteiger partial charge in [0.25, 0.3) is 0 Å². The van der Waals surface area contributed by atoms with Crippen molar-refractivity contribution in [3.05, 3.63) is 237 Å². The second-order valence-electron chi connectivity index (χ2n) is 16.6. The fourth-order valence-corrected chi connectivity index (χ4v) is 10.3. The molecule has 0 saturated carbocycles. The third-order valence-corrected chi connectivity index (χ3v) is 13.2. The maximum absolute atomic E-state index is 6.78. The zero-order valence-electron chi connectivity index (χ0n) is 34.9. The van der Waals surface area contributed by atoms with E-state index in [0.29, 0.717) is 4.48 Å². The van der Waals surface area contributed by atoms with Gasteiger partial charge in [0.15, 0.2) is 17.1 Å². The Hall–Kier alpha value is -8.04. The number of quaternary nitrogens is 1. The third kappa shape index (κ3) is 5.84. The summed E-state index contributed by atoms with van der Waals surface area (Å²) in [6.07, 6.45) is 0. The normalized spacial score (nSPS) is 12.7. The van der Waals surface area contributed by atoms with Gasteiger partial charge in [-0.1, -0.05) is 194 Å². The average molecular weight is 805 g/mol. The summed E-state index contributed by atoms with van der Waals surface area (Å²) in [5.74, 6) is 0. The molecule has 2 nitrogen and oxygen atoms in total. The molecule has 1 aromatic heterocycles. The van der Waals surface area contributed by atoms with Crippen LogP contribution in [0, 0.1) is 0 Å². The Bertz CT molecular complexity index is 3710. The predicted molar refractivity (Wildman–Crippen MR) is 268 cm³/mol. The minimum absolute atomic E-state index is 0.368. The molecule has 63 heavy (non-hydrogen) atoms. The molecule has 0 aliphatic heterocycles. The van der Waals surface area contributed by atoms with Crippen LogP contribution in [0.4, 0.5) is 17.1 Å². The molecule has 0 radical (unpaired) electrons. The molecule has 0 bridgehead atoms. The molecule has 12 aromatic rings. The number of hydrogen-bond donors (Lipinski definition) is 0. The van der Waals surface area contributed by atoms with E-state index in [1.54, 1.807) is 0 Å². The van der Waals surface area contributed by atoms with Crippen LogP contribution in [0.5, 0.6) is 0 Å². The van der Waals surface area contributed by atoms with Crippen LogP contribution in [0.2, 0.25) is 0 Å². The number of fused-ring (bicyclic) bond motifs is 7. The summed E-state index contributed by atoms with van der Waals surface area (Å²) in [6, 6.07) is 86.2. The van der Waals surface area contributed by atoms with Crippen molar-refractivity contribution in [1.82, 2.24) is 4.48 Å². The second-order valence-corrected chi connectivity index (χ2v) is 16.6. The first kappa shape index (κ1) is 36.8. The third-order valence-electron chi connectivity index (χ3n) is 13.2. The van der Waals surface area contributed by atoms with Crippen LogP contribution in [0.15, 0.2) is 241 Å². The lowest BCUT2D eigenvalue weighted by Crippen LogP contribution is -2.35. The molecule has 0 aliphatic rings. The van der Waals surface area contributed by atoms with E-state index >= 15 is 0 Å². The highest BCUT2D eigenvalue weighted by Crippen LogP contribution is 2.55. The summed E-state index contributed by atoms with van der Waals surface area (Å²) in [4.78, 5) is 0. The highest BCUT2D eigenvalue weighted by molar-refractivity contribution is 6.15. The Morgan fingerprint density at radius 1 is 0.286 bits per heavy atom. The number of para-hydroxylation sites is 5. The molecule has 0 N–H and O–H groups in total. The Kier molecular flexibility index (Phi) is 8.67. The number of hydrogen-bond acceptors (Lipinski definition) is 1. The molecule has 0 amide bonds. The van der Waals surface area contributed by atoms with Gasteiger partial charge in [0.2, 0.25) is 0 Å². The van der Waals surface area contributed by atoms with Gasteiger partial charge in [0.1, 0.15) is 11.2 Å². The largest absolute Gasteiger partial charge is 0.455 e. The highest BCUT2D eigenvalue weighted by atomic mass is 16.3. The first-order valence-electron chi connectivity index (χ1n) is 21.7. The maximum atomic E-state index is 6.78. The number of benzene rings is 11. The van der Waals surface area contributed by atoms with Crippen molar-refractivity contribution >= 4 is 71.3 Å². The monoisotopic (exact) mass is 804 g/mol. The lowest BCUT2D eigenvalue weighted by molar-refractivity contribution is 0.631. The quantitative estimate of drug-likeness (QED) is 0.116. The Morgan fingerprint density at radius 2 is 0.762 bits per heavy atom. The minimum atomic E-state index is 0.368. The van der Waals surface area contributed by atoms with Crippen molar-refractivity contribution in [3.8, 4) is 44.5 Å². The lowest BCUT2D eigenvalue weighted by atomic mass is 9.89. The summed E-state index contributed by atoms with van der Waals surface area (Å²) < 4.78 is 7.15. The summed E-state index contributed by atoms with van der Waals surface area (Å²) in [5, 5.41) is 9.64. The molecule has 1 atom stereocenters. The molecular weight excluding hydrogens is 763 g/mol. The van der Waals surface area contributed by atoms with E-state index in [0.717, 1.165) is 44.4 Å². The van der Waals surface area contributed by atoms with Gasteiger partial charge in [0.05, 0.1) is 7.05 Å². The molecule has 11 aromatic carbocycles. The predicted octanol–water partition coefficient (Wildman–Crippen LogP) is 17.3. The Balaban J connectivity index is 1.19. The highest BCUT2D eigenvalue weighted by Gasteiger charge is 2.39. The fraction of sp³-hybridized carbons (Fsp3) is 0.0164. The van der Waals surface area contributed by atoms with Gasteiger partial charge in [0, 0.05) is 51.2 Å². The molecule has 0 saturated heterocycles. The topological polar surface area (TPSA) is 13.1 Å². The van der Waals surface area contributed by atoms with Crippen LogP contribution in [0.3, 0.4) is 0 Å². The Morgan fingerprint density at radius 3 is 1.49 bits per heavy atom. The average Bonchev–Trinajstić information content (AvgIpc) is 3.75.